The van der Waals surface area contributed by atoms with Crippen molar-refractivity contribution < 1.29 is 4.79 Å². The molecule has 1 fully saturated rings. The summed E-state index contributed by atoms with van der Waals surface area (Å²) in [5.74, 6) is 0.696. The number of guanidine groups is 1. The van der Waals surface area contributed by atoms with Gasteiger partial charge in [-0.25, -0.2) is 4.99 Å². The van der Waals surface area contributed by atoms with Gasteiger partial charge in [0.25, 0.3) is 0 Å². The summed E-state index contributed by atoms with van der Waals surface area (Å²) in [6.07, 6.45) is 6.44. The Labute approximate surface area is 135 Å². The van der Waals surface area contributed by atoms with E-state index in [1.807, 2.05) is 27.7 Å². The van der Waals surface area contributed by atoms with Crippen LogP contribution in [0.3, 0.4) is 0 Å². The Bertz CT molecular complexity index is 379. The minimum atomic E-state index is -0.214. The molecule has 5 nitrogen and oxygen atoms in total. The van der Waals surface area contributed by atoms with E-state index < -0.39 is 0 Å². The Morgan fingerprint density at radius 3 is 2.27 bits per heavy atom. The third kappa shape index (κ3) is 6.67. The summed E-state index contributed by atoms with van der Waals surface area (Å²) in [7, 11) is 0. The standard InChI is InChI=1S/C17H34N4O/c1-6-17(10-8-9-11-17)13-20-15(18-7-2)19-12-14(22)21-16(3,4)5/h6-13H2,1-5H3,(H,21,22)(H2,18,19,20). The lowest BCUT2D eigenvalue weighted by Crippen LogP contribution is -2.45. The minimum absolute atomic E-state index is 0.0456. The molecule has 1 aliphatic rings. The quantitative estimate of drug-likeness (QED) is 0.521. The summed E-state index contributed by atoms with van der Waals surface area (Å²) in [6.45, 7) is 12.1. The van der Waals surface area contributed by atoms with Gasteiger partial charge in [-0.2, -0.15) is 0 Å². The van der Waals surface area contributed by atoms with E-state index in [1.165, 1.54) is 32.1 Å². The van der Waals surface area contributed by atoms with Crippen LogP contribution in [0.1, 0.15) is 66.7 Å². The predicted molar refractivity (Wildman–Crippen MR) is 93.1 cm³/mol. The Morgan fingerprint density at radius 1 is 1.14 bits per heavy atom. The number of rotatable bonds is 6. The van der Waals surface area contributed by atoms with E-state index in [1.54, 1.807) is 0 Å². The molecule has 0 unspecified atom stereocenters. The van der Waals surface area contributed by atoms with Crippen LogP contribution in [0, 0.1) is 5.41 Å². The zero-order valence-electron chi connectivity index (χ0n) is 15.0. The number of amides is 1. The summed E-state index contributed by atoms with van der Waals surface area (Å²) in [5, 5.41) is 9.59. The first-order valence-electron chi connectivity index (χ1n) is 8.63. The molecule has 128 valence electrons. The van der Waals surface area contributed by atoms with Crippen molar-refractivity contribution in [3.63, 3.8) is 0 Å². The maximum Gasteiger partial charge on any atom is 0.242 e. The van der Waals surface area contributed by atoms with Gasteiger partial charge in [0.2, 0.25) is 5.91 Å². The molecular formula is C17H34N4O. The van der Waals surface area contributed by atoms with Crippen molar-refractivity contribution in [1.82, 2.24) is 16.0 Å². The van der Waals surface area contributed by atoms with Crippen LogP contribution >= 0.6 is 0 Å². The molecule has 1 aliphatic carbocycles. The average Bonchev–Trinajstić information content (AvgIpc) is 2.89. The average molecular weight is 310 g/mol. The van der Waals surface area contributed by atoms with Gasteiger partial charge in [0.15, 0.2) is 5.96 Å². The van der Waals surface area contributed by atoms with Gasteiger partial charge in [-0.3, -0.25) is 4.79 Å². The summed E-state index contributed by atoms with van der Waals surface area (Å²) < 4.78 is 0. The van der Waals surface area contributed by atoms with Gasteiger partial charge < -0.3 is 16.0 Å². The van der Waals surface area contributed by atoms with E-state index >= 15 is 0 Å². The number of carbonyl (C=O) groups is 1. The second kappa shape index (κ2) is 8.39. The van der Waals surface area contributed by atoms with Crippen molar-refractivity contribution in [2.45, 2.75) is 72.3 Å². The van der Waals surface area contributed by atoms with Gasteiger partial charge in [0, 0.05) is 18.6 Å². The van der Waals surface area contributed by atoms with E-state index in [0.29, 0.717) is 5.41 Å². The first-order chi connectivity index (χ1) is 10.3. The highest BCUT2D eigenvalue weighted by molar-refractivity contribution is 5.85. The van der Waals surface area contributed by atoms with Crippen molar-refractivity contribution in [1.29, 1.82) is 0 Å². The summed E-state index contributed by atoms with van der Waals surface area (Å²) in [6, 6.07) is 0. The van der Waals surface area contributed by atoms with Gasteiger partial charge in [-0.1, -0.05) is 19.8 Å². The number of hydrogen-bond acceptors (Lipinski definition) is 2. The highest BCUT2D eigenvalue weighted by atomic mass is 16.2. The van der Waals surface area contributed by atoms with E-state index in [-0.39, 0.29) is 18.0 Å². The van der Waals surface area contributed by atoms with Crippen LogP contribution in [0.25, 0.3) is 0 Å². The lowest BCUT2D eigenvalue weighted by atomic mass is 9.83. The molecule has 0 aliphatic heterocycles. The number of nitrogens with one attached hydrogen (secondary N) is 3. The molecule has 0 atom stereocenters. The minimum Gasteiger partial charge on any atom is -0.357 e. The Kier molecular flexibility index (Phi) is 7.17. The first-order valence-corrected chi connectivity index (χ1v) is 8.63. The van der Waals surface area contributed by atoms with Gasteiger partial charge in [-0.05, 0) is 52.4 Å². The molecule has 0 bridgehead atoms. The van der Waals surface area contributed by atoms with E-state index in [0.717, 1.165) is 19.0 Å². The summed E-state index contributed by atoms with van der Waals surface area (Å²) in [5.41, 5.74) is 0.193. The SMILES string of the molecule is CCNC(=NCC(=O)NC(C)(C)C)NCC1(CC)CCCC1. The number of aliphatic imine (C=N–C) groups is 1. The van der Waals surface area contributed by atoms with E-state index in [9.17, 15) is 4.79 Å². The monoisotopic (exact) mass is 310 g/mol. The summed E-state index contributed by atoms with van der Waals surface area (Å²) in [4.78, 5) is 16.3. The summed E-state index contributed by atoms with van der Waals surface area (Å²) >= 11 is 0. The van der Waals surface area contributed by atoms with Crippen molar-refractivity contribution >= 4 is 11.9 Å². The van der Waals surface area contributed by atoms with Crippen molar-refractivity contribution in [2.24, 2.45) is 10.4 Å². The number of nitrogens with zero attached hydrogens (tertiary/aromatic N) is 1. The molecule has 3 N–H and O–H groups in total. The largest absolute Gasteiger partial charge is 0.357 e. The molecule has 1 amide bonds. The number of carbonyl (C=O) groups excluding carboxylic acids is 1. The smallest absolute Gasteiger partial charge is 0.242 e. The Morgan fingerprint density at radius 2 is 1.77 bits per heavy atom. The Hall–Kier alpha value is -1.26. The second-order valence-corrected chi connectivity index (χ2v) is 7.41. The molecule has 22 heavy (non-hydrogen) atoms. The lowest BCUT2D eigenvalue weighted by molar-refractivity contribution is -0.121. The van der Waals surface area contributed by atoms with Crippen LogP contribution in [0.5, 0.6) is 0 Å². The number of hydrogen-bond donors (Lipinski definition) is 3. The van der Waals surface area contributed by atoms with E-state index in [4.69, 9.17) is 0 Å². The topological polar surface area (TPSA) is 65.5 Å². The van der Waals surface area contributed by atoms with Crippen LogP contribution in [-0.4, -0.2) is 37.0 Å². The third-order valence-electron chi connectivity index (χ3n) is 4.28. The molecule has 0 radical (unpaired) electrons. The molecule has 0 aromatic heterocycles. The molecule has 5 heteroatoms. The molecule has 0 aromatic carbocycles. The molecule has 0 spiro atoms. The zero-order chi connectivity index (χ0) is 16.6. The fraction of sp³-hybridized carbons (Fsp3) is 0.882. The first kappa shape index (κ1) is 18.8. The molecular weight excluding hydrogens is 276 g/mol. The predicted octanol–water partition coefficient (Wildman–Crippen LogP) is 2.43. The van der Waals surface area contributed by atoms with Gasteiger partial charge in [0.05, 0.1) is 0 Å². The maximum atomic E-state index is 11.9. The van der Waals surface area contributed by atoms with Gasteiger partial charge in [0.1, 0.15) is 6.54 Å². The molecule has 0 saturated heterocycles. The van der Waals surface area contributed by atoms with Crippen LogP contribution in [0.15, 0.2) is 4.99 Å². The second-order valence-electron chi connectivity index (χ2n) is 7.41. The normalized spacial score (nSPS) is 18.1. The van der Waals surface area contributed by atoms with Crippen LogP contribution in [0.2, 0.25) is 0 Å². The van der Waals surface area contributed by atoms with Gasteiger partial charge >= 0.3 is 0 Å². The lowest BCUT2D eigenvalue weighted by Gasteiger charge is -2.28. The maximum absolute atomic E-state index is 11.9. The van der Waals surface area contributed by atoms with Crippen molar-refractivity contribution in [3.05, 3.63) is 0 Å². The van der Waals surface area contributed by atoms with Crippen LogP contribution in [0.4, 0.5) is 0 Å². The zero-order valence-corrected chi connectivity index (χ0v) is 15.0. The van der Waals surface area contributed by atoms with Crippen molar-refractivity contribution in [3.8, 4) is 0 Å². The molecule has 0 heterocycles. The van der Waals surface area contributed by atoms with Crippen LogP contribution < -0.4 is 16.0 Å². The molecule has 1 saturated carbocycles. The fourth-order valence-electron chi connectivity index (χ4n) is 3.00. The van der Waals surface area contributed by atoms with Gasteiger partial charge in [-0.15, -0.1) is 0 Å². The highest BCUT2D eigenvalue weighted by Gasteiger charge is 2.31. The van der Waals surface area contributed by atoms with E-state index in [2.05, 4.69) is 27.9 Å². The third-order valence-corrected chi connectivity index (χ3v) is 4.28. The Balaban J connectivity index is 2.53. The molecule has 1 rings (SSSR count). The molecule has 0 aromatic rings. The fourth-order valence-corrected chi connectivity index (χ4v) is 3.00. The van der Waals surface area contributed by atoms with Crippen molar-refractivity contribution in [2.75, 3.05) is 19.6 Å². The van der Waals surface area contributed by atoms with Crippen LogP contribution in [-0.2, 0) is 4.79 Å². The highest BCUT2D eigenvalue weighted by Crippen LogP contribution is 2.40.